The normalized spacial score (nSPS) is 18.8. The zero-order valence-corrected chi connectivity index (χ0v) is 31.9. The van der Waals surface area contributed by atoms with Gasteiger partial charge in [0.15, 0.2) is 6.29 Å². The summed E-state index contributed by atoms with van der Waals surface area (Å²) in [7, 11) is 2.48. The number of aliphatic carboxylic acids is 2. The number of esters is 1. The average molecular weight is 775 g/mol. The standard InChI is InChI=1S/C36H62N4O14/c1-4-52-20-21-53-22-23-54-28-10-8-27(9-11-28)6-5-7-29(33(44)45)37-12-14-38(30(24-41)34(46)47)15-17-40(32(26-43)36(49)51-3)19-18-39(16-13-37)31(25-42)35(48)50-2/h8-11,29-32,36,41-43,49H,4-7,12-26H2,1-3H3,(H,44,45)(H,46,47)/t29-,30-,31-,32-,36?/m0/s1. The number of benzene rings is 1. The maximum Gasteiger partial charge on any atom is 0.325 e. The van der Waals surface area contributed by atoms with E-state index in [2.05, 4.69) is 0 Å². The molecule has 1 aromatic rings. The Hall–Kier alpha value is -3.01. The van der Waals surface area contributed by atoms with Crippen molar-refractivity contribution in [3.05, 3.63) is 29.8 Å². The number of ether oxygens (including phenoxy) is 5. The molecule has 0 bridgehead atoms. The minimum atomic E-state index is -1.40. The molecule has 2 rings (SSSR count). The Kier molecular flexibility index (Phi) is 23.3. The van der Waals surface area contributed by atoms with Gasteiger partial charge < -0.3 is 54.3 Å². The number of aliphatic hydroxyl groups excluding tert-OH is 4. The van der Waals surface area contributed by atoms with Crippen molar-refractivity contribution >= 4 is 17.9 Å². The van der Waals surface area contributed by atoms with Crippen molar-refractivity contribution in [2.24, 2.45) is 0 Å². The highest BCUT2D eigenvalue weighted by Gasteiger charge is 2.34. The van der Waals surface area contributed by atoms with E-state index in [0.29, 0.717) is 51.6 Å². The summed E-state index contributed by atoms with van der Waals surface area (Å²) in [4.78, 5) is 44.3. The second-order valence-corrected chi connectivity index (χ2v) is 12.8. The van der Waals surface area contributed by atoms with Crippen molar-refractivity contribution in [1.82, 2.24) is 19.6 Å². The van der Waals surface area contributed by atoms with E-state index in [1.807, 2.05) is 31.2 Å². The molecule has 0 radical (unpaired) electrons. The molecule has 1 aromatic carbocycles. The number of carbonyl (C=O) groups is 3. The van der Waals surface area contributed by atoms with E-state index in [0.717, 1.165) is 5.56 Å². The molecular weight excluding hydrogens is 712 g/mol. The average Bonchev–Trinajstić information content (AvgIpc) is 3.16. The molecular formula is C36H62N4O14. The van der Waals surface area contributed by atoms with Crippen molar-refractivity contribution in [2.75, 3.05) is 119 Å². The van der Waals surface area contributed by atoms with Crippen LogP contribution in [0.3, 0.4) is 0 Å². The third kappa shape index (κ3) is 16.0. The maximum atomic E-state index is 12.8. The van der Waals surface area contributed by atoms with Crippen molar-refractivity contribution in [3.63, 3.8) is 0 Å². The van der Waals surface area contributed by atoms with E-state index < -0.39 is 68.2 Å². The molecule has 1 saturated heterocycles. The van der Waals surface area contributed by atoms with Crippen molar-refractivity contribution in [2.45, 2.75) is 56.6 Å². The first kappa shape index (κ1) is 47.1. The van der Waals surface area contributed by atoms with Gasteiger partial charge in [0.1, 0.15) is 30.5 Å². The smallest absolute Gasteiger partial charge is 0.325 e. The van der Waals surface area contributed by atoms with E-state index in [4.69, 9.17) is 23.7 Å². The van der Waals surface area contributed by atoms with Gasteiger partial charge >= 0.3 is 17.9 Å². The highest BCUT2D eigenvalue weighted by atomic mass is 16.6. The number of carbonyl (C=O) groups excluding carboxylic acids is 1. The Bertz CT molecular complexity index is 1200. The summed E-state index contributed by atoms with van der Waals surface area (Å²) in [5.41, 5.74) is 0.992. The molecule has 54 heavy (non-hydrogen) atoms. The summed E-state index contributed by atoms with van der Waals surface area (Å²) < 4.78 is 26.5. The first-order valence-electron chi connectivity index (χ1n) is 18.4. The van der Waals surface area contributed by atoms with Crippen LogP contribution < -0.4 is 4.74 Å². The second kappa shape index (κ2) is 26.7. The lowest BCUT2D eigenvalue weighted by Crippen LogP contribution is -2.58. The lowest BCUT2D eigenvalue weighted by molar-refractivity contribution is -0.152. The number of hydrogen-bond donors (Lipinski definition) is 6. The predicted molar refractivity (Wildman–Crippen MR) is 195 cm³/mol. The molecule has 0 spiro atoms. The van der Waals surface area contributed by atoms with E-state index in [-0.39, 0.29) is 58.8 Å². The van der Waals surface area contributed by atoms with E-state index in [9.17, 15) is 45.0 Å². The Labute approximate surface area is 317 Å². The number of hydrogen-bond acceptors (Lipinski definition) is 16. The highest BCUT2D eigenvalue weighted by molar-refractivity contribution is 5.76. The fourth-order valence-corrected chi connectivity index (χ4v) is 6.41. The van der Waals surface area contributed by atoms with E-state index in [1.54, 1.807) is 14.7 Å². The van der Waals surface area contributed by atoms with Gasteiger partial charge in [0.2, 0.25) is 0 Å². The summed E-state index contributed by atoms with van der Waals surface area (Å²) in [6.07, 6.45) is -0.0290. The van der Waals surface area contributed by atoms with E-state index in [1.165, 1.54) is 19.1 Å². The molecule has 1 aliphatic rings. The van der Waals surface area contributed by atoms with Crippen molar-refractivity contribution in [3.8, 4) is 5.75 Å². The SMILES string of the molecule is CCOCCOCCOc1ccc(CCC[C@@H](C(=O)O)N2CCN([C@@H](CO)C(=O)O)CCN([C@@H](CO)C(O)OC)CCN([C@@H](CO)C(=O)OC)CC2)cc1. The summed E-state index contributed by atoms with van der Waals surface area (Å²) in [5, 5.41) is 61.3. The fourth-order valence-electron chi connectivity index (χ4n) is 6.41. The molecule has 18 heteroatoms. The van der Waals surface area contributed by atoms with Crippen LogP contribution in [0.1, 0.15) is 25.3 Å². The van der Waals surface area contributed by atoms with Crippen LogP contribution in [0.5, 0.6) is 5.75 Å². The largest absolute Gasteiger partial charge is 0.491 e. The molecule has 6 N–H and O–H groups in total. The molecule has 5 atom stereocenters. The lowest BCUT2D eigenvalue weighted by atomic mass is 10.0. The van der Waals surface area contributed by atoms with Crippen LogP contribution in [0.2, 0.25) is 0 Å². The number of nitrogens with zero attached hydrogens (tertiary/aromatic N) is 4. The molecule has 310 valence electrons. The quantitative estimate of drug-likeness (QED) is 0.0395. The summed E-state index contributed by atoms with van der Waals surface area (Å²) in [6, 6.07) is 3.28. The van der Waals surface area contributed by atoms with Gasteiger partial charge in [0.25, 0.3) is 0 Å². The van der Waals surface area contributed by atoms with E-state index >= 15 is 0 Å². The van der Waals surface area contributed by atoms with Gasteiger partial charge in [0.05, 0.1) is 52.8 Å². The molecule has 0 saturated carbocycles. The zero-order valence-electron chi connectivity index (χ0n) is 31.9. The van der Waals surface area contributed by atoms with Gasteiger partial charge in [-0.05, 0) is 43.9 Å². The Morgan fingerprint density at radius 3 is 1.67 bits per heavy atom. The first-order chi connectivity index (χ1) is 26.0. The number of aryl methyl sites for hydroxylation is 1. The number of carboxylic acids is 2. The summed E-state index contributed by atoms with van der Waals surface area (Å²) in [6.45, 7) is 3.48. The first-order valence-corrected chi connectivity index (χ1v) is 18.4. The number of methoxy groups -OCH3 is 2. The molecule has 1 heterocycles. The van der Waals surface area contributed by atoms with Crippen LogP contribution in [0.15, 0.2) is 24.3 Å². The summed E-state index contributed by atoms with van der Waals surface area (Å²) in [5.74, 6) is -2.33. The number of carboxylic acid groups (broad SMARTS) is 2. The third-order valence-electron chi connectivity index (χ3n) is 9.57. The van der Waals surface area contributed by atoms with Gasteiger partial charge in [-0.25, -0.2) is 0 Å². The second-order valence-electron chi connectivity index (χ2n) is 12.8. The minimum absolute atomic E-state index is 0.0607. The predicted octanol–water partition coefficient (Wildman–Crippen LogP) is -1.58. The van der Waals surface area contributed by atoms with Crippen LogP contribution in [0.4, 0.5) is 0 Å². The Balaban J connectivity index is 2.26. The van der Waals surface area contributed by atoms with Crippen LogP contribution in [0, 0.1) is 0 Å². The van der Waals surface area contributed by atoms with Gasteiger partial charge in [-0.15, -0.1) is 0 Å². The molecule has 18 nitrogen and oxygen atoms in total. The molecule has 0 aliphatic carbocycles. The lowest BCUT2D eigenvalue weighted by Gasteiger charge is -2.40. The maximum absolute atomic E-state index is 12.8. The van der Waals surface area contributed by atoms with Crippen molar-refractivity contribution in [1.29, 1.82) is 0 Å². The van der Waals surface area contributed by atoms with Crippen LogP contribution in [0.25, 0.3) is 0 Å². The third-order valence-corrected chi connectivity index (χ3v) is 9.57. The van der Waals surface area contributed by atoms with Gasteiger partial charge in [-0.3, -0.25) is 34.0 Å². The van der Waals surface area contributed by atoms with Crippen LogP contribution in [-0.2, 0) is 39.8 Å². The monoisotopic (exact) mass is 774 g/mol. The van der Waals surface area contributed by atoms with Crippen LogP contribution in [-0.4, -0.2) is 218 Å². The van der Waals surface area contributed by atoms with Gasteiger partial charge in [-0.1, -0.05) is 12.1 Å². The Morgan fingerprint density at radius 2 is 1.19 bits per heavy atom. The molecule has 1 fully saturated rings. The summed E-state index contributed by atoms with van der Waals surface area (Å²) >= 11 is 0. The van der Waals surface area contributed by atoms with Crippen molar-refractivity contribution < 1.29 is 68.7 Å². The Morgan fingerprint density at radius 1 is 0.685 bits per heavy atom. The fraction of sp³-hybridized carbons (Fsp3) is 0.750. The molecule has 1 unspecified atom stereocenters. The topological polar surface area (TPSA) is 232 Å². The van der Waals surface area contributed by atoms with Gasteiger partial charge in [0, 0.05) is 66.1 Å². The minimum Gasteiger partial charge on any atom is -0.491 e. The highest BCUT2D eigenvalue weighted by Crippen LogP contribution is 2.18. The molecule has 0 amide bonds. The van der Waals surface area contributed by atoms with Crippen LogP contribution >= 0.6 is 0 Å². The number of aliphatic hydroxyl groups is 4. The molecule has 0 aromatic heterocycles. The van der Waals surface area contributed by atoms with Gasteiger partial charge in [-0.2, -0.15) is 0 Å². The zero-order chi connectivity index (χ0) is 39.9. The molecule has 1 aliphatic heterocycles. The number of rotatable bonds is 24.